The molecule has 6 nitrogen and oxygen atoms in total. The van der Waals surface area contributed by atoms with Crippen LogP contribution in [0.25, 0.3) is 0 Å². The summed E-state index contributed by atoms with van der Waals surface area (Å²) >= 11 is 0. The summed E-state index contributed by atoms with van der Waals surface area (Å²) < 4.78 is 5.37. The van der Waals surface area contributed by atoms with Crippen LogP contribution in [0, 0.1) is 11.3 Å². The average molecular weight is 337 g/mol. The summed E-state index contributed by atoms with van der Waals surface area (Å²) in [6, 6.07) is 15.5. The van der Waals surface area contributed by atoms with Crippen LogP contribution in [-0.4, -0.2) is 25.0 Å². The maximum absolute atomic E-state index is 12.2. The first-order valence-corrected chi connectivity index (χ1v) is 7.84. The molecule has 0 radical (unpaired) electrons. The Morgan fingerprint density at radius 3 is 2.28 bits per heavy atom. The summed E-state index contributed by atoms with van der Waals surface area (Å²) in [5, 5.41) is 11.5. The van der Waals surface area contributed by atoms with Crippen molar-refractivity contribution in [3.8, 4) is 11.8 Å². The van der Waals surface area contributed by atoms with E-state index in [1.807, 2.05) is 13.0 Å². The quantitative estimate of drug-likeness (QED) is 0.878. The molecular formula is C19H19N3O3. The monoisotopic (exact) mass is 337 g/mol. The Balaban J connectivity index is 2.06. The predicted molar refractivity (Wildman–Crippen MR) is 95.4 cm³/mol. The normalized spacial score (nSPS) is 9.80. The lowest BCUT2D eigenvalue weighted by Crippen LogP contribution is -2.36. The van der Waals surface area contributed by atoms with Crippen molar-refractivity contribution in [1.29, 1.82) is 5.26 Å². The highest BCUT2D eigenvalue weighted by Gasteiger charge is 2.16. The van der Waals surface area contributed by atoms with Gasteiger partial charge in [-0.15, -0.1) is 0 Å². The standard InChI is InChI=1S/C19H19N3O3/c1-3-25-18-10-8-17(9-11-18)22(14(2)23)13-19(24)21-16-6-4-15(12-20)5-7-16/h4-11H,3,13H2,1-2H3,(H,21,24). The lowest BCUT2D eigenvalue weighted by molar-refractivity contribution is -0.120. The first-order valence-electron chi connectivity index (χ1n) is 7.84. The number of nitriles is 1. The molecule has 0 fully saturated rings. The number of nitrogens with one attached hydrogen (secondary N) is 1. The van der Waals surface area contributed by atoms with E-state index >= 15 is 0 Å². The number of nitrogens with zero attached hydrogens (tertiary/aromatic N) is 2. The van der Waals surface area contributed by atoms with Crippen molar-refractivity contribution < 1.29 is 14.3 Å². The molecule has 0 unspecified atom stereocenters. The van der Waals surface area contributed by atoms with Crippen molar-refractivity contribution in [2.24, 2.45) is 0 Å². The van der Waals surface area contributed by atoms with Crippen LogP contribution in [-0.2, 0) is 9.59 Å². The van der Waals surface area contributed by atoms with Gasteiger partial charge in [-0.2, -0.15) is 5.26 Å². The van der Waals surface area contributed by atoms with Gasteiger partial charge in [0.05, 0.1) is 18.2 Å². The number of carbonyl (C=O) groups excluding carboxylic acids is 2. The second-order valence-corrected chi connectivity index (χ2v) is 5.27. The van der Waals surface area contributed by atoms with Crippen LogP contribution in [0.3, 0.4) is 0 Å². The highest BCUT2D eigenvalue weighted by Crippen LogP contribution is 2.20. The van der Waals surface area contributed by atoms with Crippen molar-refractivity contribution in [3.05, 3.63) is 54.1 Å². The number of ether oxygens (including phenoxy) is 1. The van der Waals surface area contributed by atoms with Gasteiger partial charge in [-0.25, -0.2) is 0 Å². The van der Waals surface area contributed by atoms with E-state index in [2.05, 4.69) is 5.32 Å². The lowest BCUT2D eigenvalue weighted by atomic mass is 10.2. The number of amides is 2. The van der Waals surface area contributed by atoms with Gasteiger partial charge in [-0.3, -0.25) is 9.59 Å². The molecule has 2 amide bonds. The Morgan fingerprint density at radius 2 is 1.76 bits per heavy atom. The van der Waals surface area contributed by atoms with Gasteiger partial charge in [0.25, 0.3) is 0 Å². The maximum atomic E-state index is 12.2. The molecule has 0 saturated carbocycles. The third-order valence-corrected chi connectivity index (χ3v) is 3.44. The smallest absolute Gasteiger partial charge is 0.244 e. The third kappa shape index (κ3) is 5.08. The van der Waals surface area contributed by atoms with E-state index in [1.54, 1.807) is 48.5 Å². The number of rotatable bonds is 6. The largest absolute Gasteiger partial charge is 0.494 e. The van der Waals surface area contributed by atoms with Gasteiger partial charge in [0.1, 0.15) is 12.3 Å². The Hall–Kier alpha value is -3.33. The summed E-state index contributed by atoms with van der Waals surface area (Å²) in [5.41, 5.74) is 1.70. The van der Waals surface area contributed by atoms with Gasteiger partial charge in [-0.1, -0.05) is 0 Å². The highest BCUT2D eigenvalue weighted by molar-refractivity contribution is 6.01. The molecule has 0 bridgehead atoms. The Morgan fingerprint density at radius 1 is 1.12 bits per heavy atom. The topological polar surface area (TPSA) is 82.4 Å². The lowest BCUT2D eigenvalue weighted by Gasteiger charge is -2.21. The van der Waals surface area contributed by atoms with Crippen LogP contribution in [0.2, 0.25) is 0 Å². The molecule has 0 aliphatic heterocycles. The number of hydrogen-bond acceptors (Lipinski definition) is 4. The predicted octanol–water partition coefficient (Wildman–Crippen LogP) is 2.95. The van der Waals surface area contributed by atoms with Crippen LogP contribution < -0.4 is 15.0 Å². The molecule has 0 spiro atoms. The Kier molecular flexibility index (Phi) is 6.13. The minimum Gasteiger partial charge on any atom is -0.494 e. The molecule has 2 aromatic carbocycles. The molecule has 0 aliphatic carbocycles. The molecule has 0 aromatic heterocycles. The zero-order chi connectivity index (χ0) is 18.2. The van der Waals surface area contributed by atoms with Crippen LogP contribution in [0.4, 0.5) is 11.4 Å². The molecule has 2 rings (SSSR count). The highest BCUT2D eigenvalue weighted by atomic mass is 16.5. The van der Waals surface area contributed by atoms with Gasteiger partial charge in [0, 0.05) is 18.3 Å². The molecule has 2 aromatic rings. The summed E-state index contributed by atoms with van der Waals surface area (Å²) in [4.78, 5) is 25.5. The van der Waals surface area contributed by atoms with Gasteiger partial charge in [0.15, 0.2) is 0 Å². The van der Waals surface area contributed by atoms with E-state index in [0.717, 1.165) is 0 Å². The summed E-state index contributed by atoms with van der Waals surface area (Å²) in [6.07, 6.45) is 0. The minimum absolute atomic E-state index is 0.108. The van der Waals surface area contributed by atoms with E-state index in [4.69, 9.17) is 10.00 Å². The minimum atomic E-state index is -0.325. The molecule has 1 N–H and O–H groups in total. The van der Waals surface area contributed by atoms with Crippen molar-refractivity contribution in [1.82, 2.24) is 0 Å². The van der Waals surface area contributed by atoms with Gasteiger partial charge in [-0.05, 0) is 55.5 Å². The molecule has 0 heterocycles. The summed E-state index contributed by atoms with van der Waals surface area (Å²) in [6.45, 7) is 3.75. The van der Waals surface area contributed by atoms with Gasteiger partial charge >= 0.3 is 0 Å². The molecule has 0 atom stereocenters. The van der Waals surface area contributed by atoms with Crippen molar-refractivity contribution in [3.63, 3.8) is 0 Å². The van der Waals surface area contributed by atoms with Crippen molar-refractivity contribution in [2.75, 3.05) is 23.4 Å². The van der Waals surface area contributed by atoms with Gasteiger partial charge < -0.3 is 15.0 Å². The Labute approximate surface area is 146 Å². The van der Waals surface area contributed by atoms with E-state index in [1.165, 1.54) is 11.8 Å². The van der Waals surface area contributed by atoms with Crippen LogP contribution >= 0.6 is 0 Å². The zero-order valence-corrected chi connectivity index (χ0v) is 14.2. The van der Waals surface area contributed by atoms with E-state index < -0.39 is 0 Å². The molecule has 0 saturated heterocycles. The third-order valence-electron chi connectivity index (χ3n) is 3.44. The van der Waals surface area contributed by atoms with Crippen molar-refractivity contribution in [2.45, 2.75) is 13.8 Å². The molecule has 6 heteroatoms. The van der Waals surface area contributed by atoms with Crippen LogP contribution in [0.1, 0.15) is 19.4 Å². The van der Waals surface area contributed by atoms with E-state index in [9.17, 15) is 9.59 Å². The number of anilines is 2. The number of benzene rings is 2. The molecule has 128 valence electrons. The van der Waals surface area contributed by atoms with Crippen molar-refractivity contribution >= 4 is 23.2 Å². The van der Waals surface area contributed by atoms with Crippen LogP contribution in [0.5, 0.6) is 5.75 Å². The zero-order valence-electron chi connectivity index (χ0n) is 14.2. The SMILES string of the molecule is CCOc1ccc(N(CC(=O)Nc2ccc(C#N)cc2)C(C)=O)cc1. The molecular weight excluding hydrogens is 318 g/mol. The van der Waals surface area contributed by atoms with E-state index in [-0.39, 0.29) is 18.4 Å². The van der Waals surface area contributed by atoms with Gasteiger partial charge in [0.2, 0.25) is 11.8 Å². The second kappa shape index (κ2) is 8.50. The van der Waals surface area contributed by atoms with E-state index in [0.29, 0.717) is 29.3 Å². The number of hydrogen-bond donors (Lipinski definition) is 1. The fraction of sp³-hybridized carbons (Fsp3) is 0.211. The number of carbonyl (C=O) groups is 2. The van der Waals surface area contributed by atoms with Crippen LogP contribution in [0.15, 0.2) is 48.5 Å². The fourth-order valence-electron chi connectivity index (χ4n) is 2.25. The fourth-order valence-corrected chi connectivity index (χ4v) is 2.25. The molecule has 0 aliphatic rings. The summed E-state index contributed by atoms with van der Waals surface area (Å²) in [7, 11) is 0. The Bertz CT molecular complexity index is 777. The summed E-state index contributed by atoms with van der Waals surface area (Å²) in [5.74, 6) is 0.143. The first-order chi connectivity index (χ1) is 12.0. The maximum Gasteiger partial charge on any atom is 0.244 e. The average Bonchev–Trinajstić information content (AvgIpc) is 2.61. The molecule has 25 heavy (non-hydrogen) atoms. The first kappa shape index (κ1) is 18.0. The second-order valence-electron chi connectivity index (χ2n) is 5.27.